The summed E-state index contributed by atoms with van der Waals surface area (Å²) >= 11 is 7.44. The summed E-state index contributed by atoms with van der Waals surface area (Å²) in [6.07, 6.45) is 0. The minimum absolute atomic E-state index is 0.235. The fraction of sp³-hybridized carbons (Fsp3) is 0.250. The van der Waals surface area contributed by atoms with Crippen LogP contribution in [0.5, 0.6) is 0 Å². The van der Waals surface area contributed by atoms with Gasteiger partial charge in [-0.2, -0.15) is 0 Å². The van der Waals surface area contributed by atoms with E-state index < -0.39 is 12.0 Å². The topological polar surface area (TPSA) is 59.5 Å². The van der Waals surface area contributed by atoms with Gasteiger partial charge >= 0.3 is 5.97 Å². The molecule has 140 valence electrons. The van der Waals surface area contributed by atoms with Crippen molar-refractivity contribution in [1.82, 2.24) is 9.88 Å². The molecule has 0 bridgehead atoms. The molecule has 0 unspecified atom stereocenters. The van der Waals surface area contributed by atoms with Gasteiger partial charge in [0.25, 0.3) is 5.91 Å². The molecule has 2 aromatic carbocycles. The van der Waals surface area contributed by atoms with Gasteiger partial charge in [0.05, 0.1) is 22.3 Å². The molecule has 3 aromatic rings. The SMILES string of the molecule is CCOC(=O)[C@@H](c1ccc(Cl)cc1)N(CC)C(=O)c1ccc2ncsc2c1. The van der Waals surface area contributed by atoms with Gasteiger partial charge in [-0.25, -0.2) is 9.78 Å². The van der Waals surface area contributed by atoms with Crippen LogP contribution >= 0.6 is 22.9 Å². The number of amides is 1. The molecular weight excluding hydrogens is 384 g/mol. The first-order valence-electron chi connectivity index (χ1n) is 8.61. The Kier molecular flexibility index (Phi) is 6.08. The first-order chi connectivity index (χ1) is 13.0. The molecule has 1 heterocycles. The fourth-order valence-corrected chi connectivity index (χ4v) is 3.75. The van der Waals surface area contributed by atoms with Crippen molar-refractivity contribution in [3.63, 3.8) is 0 Å². The van der Waals surface area contributed by atoms with E-state index in [0.29, 0.717) is 22.7 Å². The zero-order valence-electron chi connectivity index (χ0n) is 15.0. The Balaban J connectivity index is 1.99. The molecule has 3 rings (SSSR count). The molecule has 0 saturated heterocycles. The molecule has 0 aliphatic carbocycles. The standard InChI is InChI=1S/C20H19ClN2O3S/c1-3-23(19(24)14-7-10-16-17(11-14)27-12-22-16)18(20(25)26-4-2)13-5-8-15(21)9-6-13/h5-12,18H,3-4H2,1-2H3/t18-/m1/s1. The highest BCUT2D eigenvalue weighted by Crippen LogP contribution is 2.27. The number of likely N-dealkylation sites (N-methyl/N-ethyl adjacent to an activating group) is 1. The lowest BCUT2D eigenvalue weighted by Gasteiger charge is -2.29. The van der Waals surface area contributed by atoms with Crippen molar-refractivity contribution in [3.8, 4) is 0 Å². The number of fused-ring (bicyclic) bond motifs is 1. The second-order valence-corrected chi connectivity index (χ2v) is 7.15. The largest absolute Gasteiger partial charge is 0.464 e. The lowest BCUT2D eigenvalue weighted by molar-refractivity contribution is -0.148. The van der Waals surface area contributed by atoms with Crippen molar-refractivity contribution >= 4 is 45.0 Å². The molecule has 0 aliphatic heterocycles. The van der Waals surface area contributed by atoms with Gasteiger partial charge < -0.3 is 9.64 Å². The molecule has 27 heavy (non-hydrogen) atoms. The smallest absolute Gasteiger partial charge is 0.333 e. The van der Waals surface area contributed by atoms with Crippen LogP contribution in [-0.4, -0.2) is 34.9 Å². The number of thiazole rings is 1. The van der Waals surface area contributed by atoms with Crippen LogP contribution in [0.15, 0.2) is 48.0 Å². The van der Waals surface area contributed by atoms with Crippen LogP contribution in [0, 0.1) is 0 Å². The number of halogens is 1. The summed E-state index contributed by atoms with van der Waals surface area (Å²) in [5.41, 5.74) is 3.76. The van der Waals surface area contributed by atoms with Gasteiger partial charge in [0.2, 0.25) is 0 Å². The summed E-state index contributed by atoms with van der Waals surface area (Å²) in [5.74, 6) is -0.699. The van der Waals surface area contributed by atoms with Gasteiger partial charge in [0.15, 0.2) is 6.04 Å². The number of hydrogen-bond acceptors (Lipinski definition) is 5. The zero-order chi connectivity index (χ0) is 19.4. The second-order valence-electron chi connectivity index (χ2n) is 5.83. The van der Waals surface area contributed by atoms with Crippen LogP contribution in [0.3, 0.4) is 0 Å². The van der Waals surface area contributed by atoms with Crippen molar-refractivity contribution in [3.05, 3.63) is 64.1 Å². The Morgan fingerprint density at radius 2 is 1.93 bits per heavy atom. The highest BCUT2D eigenvalue weighted by molar-refractivity contribution is 7.16. The molecule has 0 radical (unpaired) electrons. The number of ether oxygens (including phenoxy) is 1. The van der Waals surface area contributed by atoms with Gasteiger partial charge in [-0.1, -0.05) is 23.7 Å². The highest BCUT2D eigenvalue weighted by Gasteiger charge is 2.32. The number of carbonyl (C=O) groups is 2. The van der Waals surface area contributed by atoms with E-state index in [4.69, 9.17) is 16.3 Å². The summed E-state index contributed by atoms with van der Waals surface area (Å²) in [4.78, 5) is 31.6. The summed E-state index contributed by atoms with van der Waals surface area (Å²) in [6.45, 7) is 4.17. The number of carbonyl (C=O) groups excluding carboxylic acids is 2. The van der Waals surface area contributed by atoms with E-state index in [2.05, 4.69) is 4.98 Å². The third-order valence-corrected chi connectivity index (χ3v) is 5.23. The fourth-order valence-electron chi connectivity index (χ4n) is 2.91. The maximum atomic E-state index is 13.2. The number of aromatic nitrogens is 1. The Hall–Kier alpha value is -2.44. The summed E-state index contributed by atoms with van der Waals surface area (Å²) < 4.78 is 6.17. The Morgan fingerprint density at radius 3 is 2.59 bits per heavy atom. The number of benzene rings is 2. The van der Waals surface area contributed by atoms with E-state index in [9.17, 15) is 9.59 Å². The van der Waals surface area contributed by atoms with E-state index in [-0.39, 0.29) is 12.5 Å². The molecule has 1 amide bonds. The first-order valence-corrected chi connectivity index (χ1v) is 9.87. The maximum absolute atomic E-state index is 13.2. The van der Waals surface area contributed by atoms with Crippen molar-refractivity contribution in [1.29, 1.82) is 0 Å². The van der Waals surface area contributed by atoms with E-state index in [1.165, 1.54) is 16.2 Å². The quantitative estimate of drug-likeness (QED) is 0.560. The van der Waals surface area contributed by atoms with E-state index >= 15 is 0 Å². The van der Waals surface area contributed by atoms with Gasteiger partial charge in [-0.3, -0.25) is 4.79 Å². The zero-order valence-corrected chi connectivity index (χ0v) is 16.6. The van der Waals surface area contributed by atoms with Crippen LogP contribution in [-0.2, 0) is 9.53 Å². The van der Waals surface area contributed by atoms with Crippen LogP contribution in [0.25, 0.3) is 10.2 Å². The number of hydrogen-bond donors (Lipinski definition) is 0. The maximum Gasteiger partial charge on any atom is 0.333 e. The normalized spacial score (nSPS) is 12.0. The van der Waals surface area contributed by atoms with Gasteiger partial charge in [0, 0.05) is 17.1 Å². The van der Waals surface area contributed by atoms with Crippen molar-refractivity contribution in [2.45, 2.75) is 19.9 Å². The monoisotopic (exact) mass is 402 g/mol. The van der Waals surface area contributed by atoms with Crippen molar-refractivity contribution < 1.29 is 14.3 Å². The third kappa shape index (κ3) is 4.12. The average molecular weight is 403 g/mol. The minimum Gasteiger partial charge on any atom is -0.464 e. The molecule has 7 heteroatoms. The average Bonchev–Trinajstić information content (AvgIpc) is 3.14. The van der Waals surface area contributed by atoms with Gasteiger partial charge in [-0.15, -0.1) is 11.3 Å². The predicted molar refractivity (Wildman–Crippen MR) is 107 cm³/mol. The number of nitrogens with zero attached hydrogens (tertiary/aromatic N) is 2. The first kappa shape index (κ1) is 19.3. The third-order valence-electron chi connectivity index (χ3n) is 4.19. The number of esters is 1. The second kappa shape index (κ2) is 8.50. The molecule has 0 spiro atoms. The van der Waals surface area contributed by atoms with Crippen LogP contribution in [0.4, 0.5) is 0 Å². The van der Waals surface area contributed by atoms with Gasteiger partial charge in [-0.05, 0) is 49.7 Å². The molecule has 5 nitrogen and oxygen atoms in total. The van der Waals surface area contributed by atoms with Crippen LogP contribution in [0.1, 0.15) is 35.8 Å². The summed E-state index contributed by atoms with van der Waals surface area (Å²) in [6, 6.07) is 11.4. The van der Waals surface area contributed by atoms with Crippen LogP contribution < -0.4 is 0 Å². The Labute approximate surface area is 166 Å². The number of rotatable bonds is 6. The predicted octanol–water partition coefficient (Wildman–Crippen LogP) is 4.72. The lowest BCUT2D eigenvalue weighted by atomic mass is 10.0. The molecule has 0 saturated carbocycles. The lowest BCUT2D eigenvalue weighted by Crippen LogP contribution is -2.39. The summed E-state index contributed by atoms with van der Waals surface area (Å²) in [7, 11) is 0. The Morgan fingerprint density at radius 1 is 1.19 bits per heavy atom. The highest BCUT2D eigenvalue weighted by atomic mass is 35.5. The molecular formula is C20H19ClN2O3S. The summed E-state index contributed by atoms with van der Waals surface area (Å²) in [5, 5.41) is 0.561. The van der Waals surface area contributed by atoms with Crippen molar-refractivity contribution in [2.24, 2.45) is 0 Å². The molecule has 0 N–H and O–H groups in total. The van der Waals surface area contributed by atoms with Crippen LogP contribution in [0.2, 0.25) is 5.02 Å². The molecule has 1 atom stereocenters. The van der Waals surface area contributed by atoms with E-state index in [0.717, 1.165) is 10.2 Å². The molecule has 1 aromatic heterocycles. The molecule has 0 fully saturated rings. The minimum atomic E-state index is -0.836. The molecule has 0 aliphatic rings. The van der Waals surface area contributed by atoms with Gasteiger partial charge in [0.1, 0.15) is 0 Å². The van der Waals surface area contributed by atoms with E-state index in [1.807, 2.05) is 19.1 Å². The Bertz CT molecular complexity index is 955. The van der Waals surface area contributed by atoms with E-state index in [1.54, 1.807) is 42.8 Å². The van der Waals surface area contributed by atoms with Crippen molar-refractivity contribution in [2.75, 3.05) is 13.2 Å².